The van der Waals surface area contributed by atoms with Gasteiger partial charge in [0.05, 0.1) is 6.04 Å². The van der Waals surface area contributed by atoms with E-state index in [1.165, 1.54) is 0 Å². The zero-order valence-corrected chi connectivity index (χ0v) is 4.97. The second kappa shape index (κ2) is 1.74. The third-order valence-corrected chi connectivity index (χ3v) is 1.34. The van der Waals surface area contributed by atoms with E-state index in [0.717, 1.165) is 0 Å². The third-order valence-electron chi connectivity index (χ3n) is 1.34. The molecule has 0 radical (unpaired) electrons. The Morgan fingerprint density at radius 2 is 2.38 bits per heavy atom. The first-order chi connectivity index (χ1) is 3.75. The molecule has 1 aliphatic heterocycles. The van der Waals surface area contributed by atoms with Gasteiger partial charge < -0.3 is 10.1 Å². The van der Waals surface area contributed by atoms with E-state index in [1.807, 2.05) is 6.92 Å². The number of hydrogen-bond donors (Lipinski definition) is 1. The molecule has 1 saturated heterocycles. The van der Waals surface area contributed by atoms with Crippen molar-refractivity contribution in [1.82, 2.24) is 5.32 Å². The van der Waals surface area contributed by atoms with E-state index in [9.17, 15) is 4.79 Å². The molecule has 1 fully saturated rings. The molecular weight excluding hydrogens is 106 g/mol. The largest absolute Gasteiger partial charge is 0.369 e. The number of rotatable bonds is 1. The van der Waals surface area contributed by atoms with Crippen molar-refractivity contribution in [1.29, 1.82) is 0 Å². The highest BCUT2D eigenvalue weighted by molar-refractivity contribution is 5.87. The van der Waals surface area contributed by atoms with Crippen LogP contribution in [0.4, 0.5) is 0 Å². The quantitative estimate of drug-likeness (QED) is 0.469. The Balaban J connectivity index is 2.40. The number of β-lactam (4-membered cyclic amide) rings is 1. The first-order valence-corrected chi connectivity index (χ1v) is 2.59. The lowest BCUT2D eigenvalue weighted by Crippen LogP contribution is -2.61. The second-order valence-corrected chi connectivity index (χ2v) is 1.95. The van der Waals surface area contributed by atoms with E-state index < -0.39 is 0 Å². The summed E-state index contributed by atoms with van der Waals surface area (Å²) in [5.41, 5.74) is 0. The van der Waals surface area contributed by atoms with Gasteiger partial charge in [0.25, 0.3) is 5.91 Å². The molecule has 8 heavy (non-hydrogen) atoms. The highest BCUT2D eigenvalue weighted by atomic mass is 16.5. The van der Waals surface area contributed by atoms with Crippen LogP contribution >= 0.6 is 0 Å². The van der Waals surface area contributed by atoms with Gasteiger partial charge in [-0.1, -0.05) is 0 Å². The Kier molecular flexibility index (Phi) is 1.21. The van der Waals surface area contributed by atoms with Gasteiger partial charge in [-0.25, -0.2) is 0 Å². The maximum atomic E-state index is 10.4. The zero-order chi connectivity index (χ0) is 6.15. The molecule has 0 spiro atoms. The molecule has 0 aromatic rings. The molecule has 0 aliphatic carbocycles. The Hall–Kier alpha value is -0.570. The average Bonchev–Trinajstić information content (AvgIpc) is 1.67. The number of hydrogen-bond acceptors (Lipinski definition) is 2. The van der Waals surface area contributed by atoms with Crippen LogP contribution in [-0.2, 0) is 9.53 Å². The number of carbonyl (C=O) groups is 1. The summed E-state index contributed by atoms with van der Waals surface area (Å²) in [6, 6.07) is 0.201. The summed E-state index contributed by atoms with van der Waals surface area (Å²) in [6.07, 6.45) is -0.199. The van der Waals surface area contributed by atoms with Crippen LogP contribution in [0.15, 0.2) is 0 Å². The summed E-state index contributed by atoms with van der Waals surface area (Å²) in [6.45, 7) is 1.91. The van der Waals surface area contributed by atoms with Crippen LogP contribution in [0, 0.1) is 0 Å². The minimum atomic E-state index is -0.199. The summed E-state index contributed by atoms with van der Waals surface area (Å²) in [4.78, 5) is 10.4. The van der Waals surface area contributed by atoms with Gasteiger partial charge in [0.15, 0.2) is 6.10 Å². The predicted molar refractivity (Wildman–Crippen MR) is 28.4 cm³/mol. The van der Waals surface area contributed by atoms with Crippen molar-refractivity contribution in [2.24, 2.45) is 0 Å². The minimum absolute atomic E-state index is 0.000000000000000222. The lowest BCUT2D eigenvalue weighted by Gasteiger charge is -2.32. The van der Waals surface area contributed by atoms with Crippen molar-refractivity contribution in [3.8, 4) is 0 Å². The third kappa shape index (κ3) is 0.591. The molecule has 0 bridgehead atoms. The zero-order valence-electron chi connectivity index (χ0n) is 4.97. The first kappa shape index (κ1) is 5.56. The Morgan fingerprint density at radius 3 is 2.50 bits per heavy atom. The molecule has 0 aromatic carbocycles. The Labute approximate surface area is 48.0 Å². The van der Waals surface area contributed by atoms with Crippen LogP contribution < -0.4 is 5.32 Å². The molecule has 0 saturated carbocycles. The van der Waals surface area contributed by atoms with Crippen molar-refractivity contribution >= 4 is 5.91 Å². The maximum Gasteiger partial charge on any atom is 0.251 e. The van der Waals surface area contributed by atoms with E-state index in [2.05, 4.69) is 5.32 Å². The highest BCUT2D eigenvalue weighted by Gasteiger charge is 2.35. The normalized spacial score (nSPS) is 36.0. The van der Waals surface area contributed by atoms with Crippen molar-refractivity contribution in [2.75, 3.05) is 7.11 Å². The smallest absolute Gasteiger partial charge is 0.251 e. The molecule has 1 heterocycles. The Bertz CT molecular complexity index is 113. The molecule has 3 heteroatoms. The predicted octanol–water partition coefficient (Wildman–Crippen LogP) is -0.480. The molecule has 46 valence electrons. The lowest BCUT2D eigenvalue weighted by molar-refractivity contribution is -0.144. The average molecular weight is 115 g/mol. The molecule has 1 aliphatic rings. The number of carbonyl (C=O) groups excluding carboxylic acids is 1. The van der Waals surface area contributed by atoms with Gasteiger partial charge in [0.1, 0.15) is 0 Å². The van der Waals surface area contributed by atoms with Crippen LogP contribution in [-0.4, -0.2) is 25.2 Å². The van der Waals surface area contributed by atoms with Gasteiger partial charge in [-0.2, -0.15) is 0 Å². The van der Waals surface area contributed by atoms with E-state index in [0.29, 0.717) is 0 Å². The molecular formula is C5H9NO2. The van der Waals surface area contributed by atoms with Crippen molar-refractivity contribution < 1.29 is 9.53 Å². The monoisotopic (exact) mass is 115 g/mol. The van der Waals surface area contributed by atoms with E-state index in [-0.39, 0.29) is 18.1 Å². The molecule has 1 amide bonds. The SMILES string of the molecule is CO[C@H]1C(=O)N[C@H]1C. The van der Waals surface area contributed by atoms with Gasteiger partial charge >= 0.3 is 0 Å². The summed E-state index contributed by atoms with van der Waals surface area (Å²) >= 11 is 0. The topological polar surface area (TPSA) is 38.3 Å². The van der Waals surface area contributed by atoms with Crippen molar-refractivity contribution in [2.45, 2.75) is 19.1 Å². The number of ether oxygens (including phenoxy) is 1. The fourth-order valence-corrected chi connectivity index (χ4v) is 0.824. The lowest BCUT2D eigenvalue weighted by atomic mass is 10.1. The van der Waals surface area contributed by atoms with Crippen LogP contribution in [0.25, 0.3) is 0 Å². The Morgan fingerprint density at radius 1 is 1.75 bits per heavy atom. The fourth-order valence-electron chi connectivity index (χ4n) is 0.824. The molecule has 0 unspecified atom stereocenters. The van der Waals surface area contributed by atoms with Crippen LogP contribution in [0.5, 0.6) is 0 Å². The maximum absolute atomic E-state index is 10.4. The van der Waals surface area contributed by atoms with Gasteiger partial charge in [-0.15, -0.1) is 0 Å². The molecule has 3 nitrogen and oxygen atoms in total. The van der Waals surface area contributed by atoms with Gasteiger partial charge in [0, 0.05) is 7.11 Å². The van der Waals surface area contributed by atoms with Gasteiger partial charge in [-0.3, -0.25) is 4.79 Å². The molecule has 1 N–H and O–H groups in total. The second-order valence-electron chi connectivity index (χ2n) is 1.95. The number of amides is 1. The molecule has 0 aromatic heterocycles. The standard InChI is InChI=1S/C5H9NO2/c1-3-4(8-2)5(7)6-3/h3-4H,1-2H3,(H,6,7)/t3-,4+/m0/s1. The van der Waals surface area contributed by atoms with E-state index in [4.69, 9.17) is 4.74 Å². The van der Waals surface area contributed by atoms with E-state index >= 15 is 0 Å². The van der Waals surface area contributed by atoms with Gasteiger partial charge in [0.2, 0.25) is 0 Å². The first-order valence-electron chi connectivity index (χ1n) is 2.59. The minimum Gasteiger partial charge on any atom is -0.369 e. The summed E-state index contributed by atoms with van der Waals surface area (Å²) in [5, 5.41) is 2.64. The van der Waals surface area contributed by atoms with Crippen LogP contribution in [0.2, 0.25) is 0 Å². The van der Waals surface area contributed by atoms with E-state index in [1.54, 1.807) is 7.11 Å². The number of nitrogens with one attached hydrogen (secondary N) is 1. The summed E-state index contributed by atoms with van der Waals surface area (Å²) in [5.74, 6) is 0.000000000000000222. The van der Waals surface area contributed by atoms with Gasteiger partial charge in [-0.05, 0) is 6.92 Å². The summed E-state index contributed by atoms with van der Waals surface area (Å²) in [7, 11) is 1.54. The van der Waals surface area contributed by atoms with Crippen LogP contribution in [0.1, 0.15) is 6.92 Å². The number of methoxy groups -OCH3 is 1. The summed E-state index contributed by atoms with van der Waals surface area (Å²) < 4.78 is 4.80. The van der Waals surface area contributed by atoms with Crippen molar-refractivity contribution in [3.05, 3.63) is 0 Å². The fraction of sp³-hybridized carbons (Fsp3) is 0.800. The van der Waals surface area contributed by atoms with Crippen LogP contribution in [0.3, 0.4) is 0 Å². The highest BCUT2D eigenvalue weighted by Crippen LogP contribution is 2.07. The molecule has 2 atom stereocenters. The van der Waals surface area contributed by atoms with Crippen molar-refractivity contribution in [3.63, 3.8) is 0 Å². The molecule has 1 rings (SSSR count).